The first-order valence-corrected chi connectivity index (χ1v) is 9.78. The Balaban J connectivity index is 1.99. The maximum absolute atomic E-state index is 12.7. The molecule has 0 N–H and O–H groups in total. The third-order valence-corrected chi connectivity index (χ3v) is 5.57. The molecule has 3 aromatic rings. The van der Waals surface area contributed by atoms with Gasteiger partial charge in [0.25, 0.3) is 0 Å². The summed E-state index contributed by atoms with van der Waals surface area (Å²) in [5, 5.41) is 12.4. The number of aromatic nitrogens is 4. The van der Waals surface area contributed by atoms with E-state index in [2.05, 4.69) is 15.5 Å². The number of rotatable bonds is 2. The summed E-state index contributed by atoms with van der Waals surface area (Å²) in [6, 6.07) is 13.9. The van der Waals surface area contributed by atoms with Crippen LogP contribution in [0.1, 0.15) is 11.6 Å². The van der Waals surface area contributed by atoms with Gasteiger partial charge in [0, 0.05) is 10.6 Å². The molecule has 25 heavy (non-hydrogen) atoms. The fraction of sp³-hybridized carbons (Fsp3) is 0.188. The van der Waals surface area contributed by atoms with E-state index < -0.39 is 16.1 Å². The summed E-state index contributed by atoms with van der Waals surface area (Å²) in [6.07, 6.45) is 1.20. The minimum Gasteiger partial charge on any atom is -0.260 e. The van der Waals surface area contributed by atoms with Crippen LogP contribution in [0.3, 0.4) is 0 Å². The van der Waals surface area contributed by atoms with E-state index in [0.717, 1.165) is 5.56 Å². The van der Waals surface area contributed by atoms with Crippen LogP contribution in [0.4, 0.5) is 5.69 Å². The first kappa shape index (κ1) is 16.0. The normalized spacial score (nSPS) is 16.9. The second-order valence-electron chi connectivity index (χ2n) is 5.83. The van der Waals surface area contributed by atoms with Crippen molar-refractivity contribution in [3.8, 4) is 11.4 Å². The molecule has 4 rings (SSSR count). The van der Waals surface area contributed by atoms with Crippen molar-refractivity contribution in [2.75, 3.05) is 10.6 Å². The summed E-state index contributed by atoms with van der Waals surface area (Å²) in [5.41, 5.74) is 2.04. The number of sulfonamides is 1. The number of para-hydroxylation sites is 1. The molecule has 0 aliphatic carbocycles. The third kappa shape index (κ3) is 2.77. The van der Waals surface area contributed by atoms with Crippen molar-refractivity contribution >= 4 is 27.3 Å². The molecule has 0 saturated heterocycles. The Bertz CT molecular complexity index is 1030. The van der Waals surface area contributed by atoms with Gasteiger partial charge < -0.3 is 0 Å². The number of nitrogens with zero attached hydrogens (tertiary/aromatic N) is 5. The maximum atomic E-state index is 12.7. The predicted molar refractivity (Wildman–Crippen MR) is 94.8 cm³/mol. The summed E-state index contributed by atoms with van der Waals surface area (Å²) in [4.78, 5) is 0. The lowest BCUT2D eigenvalue weighted by Gasteiger charge is -2.30. The fourth-order valence-corrected chi connectivity index (χ4v) is 4.41. The molecule has 9 heteroatoms. The van der Waals surface area contributed by atoms with Crippen LogP contribution < -0.4 is 4.31 Å². The highest BCUT2D eigenvalue weighted by Gasteiger charge is 2.35. The molecule has 0 spiro atoms. The lowest BCUT2D eigenvalue weighted by atomic mass is 10.1. The van der Waals surface area contributed by atoms with E-state index in [0.29, 0.717) is 28.6 Å². The second kappa shape index (κ2) is 5.82. The monoisotopic (exact) mass is 375 g/mol. The van der Waals surface area contributed by atoms with E-state index in [1.165, 1.54) is 10.6 Å². The Morgan fingerprint density at radius 2 is 1.84 bits per heavy atom. The van der Waals surface area contributed by atoms with Crippen LogP contribution in [0.15, 0.2) is 48.5 Å². The van der Waals surface area contributed by atoms with E-state index in [4.69, 9.17) is 11.6 Å². The largest absolute Gasteiger partial charge is 0.260 e. The summed E-state index contributed by atoms with van der Waals surface area (Å²) >= 11 is 5.98. The summed E-state index contributed by atoms with van der Waals surface area (Å²) in [6.45, 7) is 0.297. The van der Waals surface area contributed by atoms with E-state index >= 15 is 0 Å². The maximum Gasteiger partial charge on any atom is 0.232 e. The minimum atomic E-state index is -3.55. The van der Waals surface area contributed by atoms with Gasteiger partial charge in [0.1, 0.15) is 0 Å². The number of hydrogen-bond donors (Lipinski definition) is 0. The van der Waals surface area contributed by atoms with Crippen LogP contribution in [0.5, 0.6) is 0 Å². The zero-order chi connectivity index (χ0) is 17.6. The third-order valence-electron chi connectivity index (χ3n) is 4.16. The average molecular weight is 376 g/mol. The number of anilines is 1. The van der Waals surface area contributed by atoms with Crippen molar-refractivity contribution in [1.82, 2.24) is 20.2 Å². The molecule has 2 heterocycles. The van der Waals surface area contributed by atoms with Crippen molar-refractivity contribution in [3.63, 3.8) is 0 Å². The summed E-state index contributed by atoms with van der Waals surface area (Å²) in [7, 11) is -3.55. The molecule has 0 bridgehead atoms. The van der Waals surface area contributed by atoms with Crippen LogP contribution in [0, 0.1) is 0 Å². The van der Waals surface area contributed by atoms with Gasteiger partial charge in [-0.1, -0.05) is 35.9 Å². The number of tetrazole rings is 1. The lowest BCUT2D eigenvalue weighted by molar-refractivity contribution is 0.513. The molecule has 2 aromatic carbocycles. The first-order chi connectivity index (χ1) is 11.9. The van der Waals surface area contributed by atoms with E-state index in [9.17, 15) is 8.42 Å². The van der Waals surface area contributed by atoms with Crippen LogP contribution in [-0.2, 0) is 16.6 Å². The molecule has 1 unspecified atom stereocenters. The zero-order valence-electron chi connectivity index (χ0n) is 13.2. The van der Waals surface area contributed by atoms with E-state index in [1.807, 2.05) is 24.3 Å². The van der Waals surface area contributed by atoms with Gasteiger partial charge in [-0.15, -0.1) is 5.10 Å². The van der Waals surface area contributed by atoms with Crippen LogP contribution in [0.25, 0.3) is 11.4 Å². The van der Waals surface area contributed by atoms with Gasteiger partial charge in [-0.25, -0.2) is 13.1 Å². The SMILES string of the molecule is CS(=O)(=O)N1c2ccccc2-c2nnnn2CC1c1ccc(Cl)cc1. The van der Waals surface area contributed by atoms with Gasteiger partial charge in [-0.3, -0.25) is 4.31 Å². The number of hydrogen-bond acceptors (Lipinski definition) is 5. The zero-order valence-corrected chi connectivity index (χ0v) is 14.8. The molecule has 0 fully saturated rings. The minimum absolute atomic E-state index is 0.297. The number of fused-ring (bicyclic) bond motifs is 3. The molecular weight excluding hydrogens is 362 g/mol. The van der Waals surface area contributed by atoms with Crippen molar-refractivity contribution in [2.45, 2.75) is 12.6 Å². The highest BCUT2D eigenvalue weighted by molar-refractivity contribution is 7.92. The van der Waals surface area contributed by atoms with Crippen molar-refractivity contribution < 1.29 is 8.42 Å². The van der Waals surface area contributed by atoms with Gasteiger partial charge in [-0.2, -0.15) is 0 Å². The smallest absolute Gasteiger partial charge is 0.232 e. The molecule has 0 radical (unpaired) electrons. The fourth-order valence-electron chi connectivity index (χ4n) is 3.12. The average Bonchev–Trinajstić information content (AvgIpc) is 2.97. The summed E-state index contributed by atoms with van der Waals surface area (Å²) < 4.78 is 28.4. The molecule has 1 aliphatic rings. The summed E-state index contributed by atoms with van der Waals surface area (Å²) in [5.74, 6) is 0.542. The first-order valence-electron chi connectivity index (χ1n) is 7.55. The molecule has 128 valence electrons. The van der Waals surface area contributed by atoms with Gasteiger partial charge in [0.15, 0.2) is 5.82 Å². The predicted octanol–water partition coefficient (Wildman–Crippen LogP) is 2.51. The van der Waals surface area contributed by atoms with Crippen molar-refractivity contribution in [2.24, 2.45) is 0 Å². The highest BCUT2D eigenvalue weighted by atomic mass is 35.5. The van der Waals surface area contributed by atoms with Crippen LogP contribution >= 0.6 is 11.6 Å². The second-order valence-corrected chi connectivity index (χ2v) is 8.12. The van der Waals surface area contributed by atoms with Gasteiger partial charge in [-0.05, 0) is 40.3 Å². The Kier molecular flexibility index (Phi) is 3.73. The Morgan fingerprint density at radius 1 is 1.12 bits per heavy atom. The van der Waals surface area contributed by atoms with Crippen molar-refractivity contribution in [3.05, 3.63) is 59.1 Å². The lowest BCUT2D eigenvalue weighted by Crippen LogP contribution is -2.35. The standard InChI is InChI=1S/C16H14ClN5O2S/c1-25(23,24)22-14-5-3-2-4-13(14)16-18-19-20-21(16)10-15(22)11-6-8-12(17)9-7-11/h2-9,15H,10H2,1H3. The van der Waals surface area contributed by atoms with E-state index in [1.54, 1.807) is 28.9 Å². The molecule has 0 amide bonds. The van der Waals surface area contributed by atoms with Crippen molar-refractivity contribution in [1.29, 1.82) is 0 Å². The van der Waals surface area contributed by atoms with E-state index in [-0.39, 0.29) is 0 Å². The Labute approximate surface area is 149 Å². The molecular formula is C16H14ClN5O2S. The molecule has 1 atom stereocenters. The number of benzene rings is 2. The number of halogens is 1. The van der Waals surface area contributed by atoms with Crippen LogP contribution in [0.2, 0.25) is 5.02 Å². The Hall–Kier alpha value is -2.45. The van der Waals surface area contributed by atoms with Crippen LogP contribution in [-0.4, -0.2) is 34.9 Å². The molecule has 7 nitrogen and oxygen atoms in total. The quantitative estimate of drug-likeness (QED) is 0.687. The topological polar surface area (TPSA) is 81.0 Å². The molecule has 1 aromatic heterocycles. The molecule has 0 saturated carbocycles. The van der Waals surface area contributed by atoms with Gasteiger partial charge >= 0.3 is 0 Å². The van der Waals surface area contributed by atoms with Gasteiger partial charge in [0.05, 0.1) is 24.5 Å². The highest BCUT2D eigenvalue weighted by Crippen LogP contribution is 2.40. The van der Waals surface area contributed by atoms with Gasteiger partial charge in [0.2, 0.25) is 10.0 Å². The Morgan fingerprint density at radius 3 is 2.56 bits per heavy atom. The molecule has 1 aliphatic heterocycles.